The maximum atomic E-state index is 12.5. The van der Waals surface area contributed by atoms with Gasteiger partial charge in [-0.05, 0) is 82.3 Å². The van der Waals surface area contributed by atoms with E-state index in [0.717, 1.165) is 34.1 Å². The highest BCUT2D eigenvalue weighted by molar-refractivity contribution is 7.17. The third-order valence-corrected chi connectivity index (χ3v) is 8.39. The fourth-order valence-corrected chi connectivity index (χ4v) is 6.16. The number of carboxylic acid groups (broad SMARTS) is 1. The van der Waals surface area contributed by atoms with E-state index in [9.17, 15) is 9.59 Å². The second-order valence-corrected chi connectivity index (χ2v) is 11.1. The first-order valence-electron chi connectivity index (χ1n) is 12.0. The predicted molar refractivity (Wildman–Crippen MR) is 154 cm³/mol. The van der Waals surface area contributed by atoms with Crippen molar-refractivity contribution in [1.29, 1.82) is 0 Å². The first-order valence-corrected chi connectivity index (χ1v) is 14.0. The number of benzene rings is 3. The monoisotopic (exact) mass is 573 g/mol. The number of carbonyl (C=O) groups excluding carboxylic acids is 1. The normalized spacial score (nSPS) is 12.9. The van der Waals surface area contributed by atoms with Gasteiger partial charge in [-0.2, -0.15) is 0 Å². The quantitative estimate of drug-likeness (QED) is 0.199. The number of halogens is 3. The van der Waals surface area contributed by atoms with Crippen LogP contribution in [0.1, 0.15) is 65.1 Å². The van der Waals surface area contributed by atoms with Gasteiger partial charge in [-0.3, -0.25) is 9.59 Å². The Morgan fingerprint density at radius 2 is 1.68 bits per heavy atom. The zero-order chi connectivity index (χ0) is 26.5. The summed E-state index contributed by atoms with van der Waals surface area (Å²) in [7, 11) is 0. The van der Waals surface area contributed by atoms with Gasteiger partial charge in [0.1, 0.15) is 0 Å². The Hall–Kier alpha value is -2.57. The van der Waals surface area contributed by atoms with Crippen molar-refractivity contribution in [2.24, 2.45) is 0 Å². The van der Waals surface area contributed by atoms with Crippen LogP contribution in [0, 0.1) is 0 Å². The van der Waals surface area contributed by atoms with Crippen molar-refractivity contribution >= 4 is 68.1 Å². The van der Waals surface area contributed by atoms with E-state index in [2.05, 4.69) is 17.6 Å². The third-order valence-electron chi connectivity index (χ3n) is 6.43. The second kappa shape index (κ2) is 12.3. The van der Waals surface area contributed by atoms with E-state index in [1.54, 1.807) is 23.5 Å². The first-order chi connectivity index (χ1) is 17.8. The SMILES string of the molecule is CCC[C@H](c1ccc(C(=O)NCCC(=O)O)cc1)C(c1ccc(Cl)c(Cl)c1)c1csc2ccc(Cl)cc12. The first kappa shape index (κ1) is 27.5. The lowest BCUT2D eigenvalue weighted by Gasteiger charge is -2.29. The van der Waals surface area contributed by atoms with Crippen molar-refractivity contribution in [3.05, 3.63) is 103 Å². The van der Waals surface area contributed by atoms with Crippen LogP contribution in [-0.2, 0) is 4.79 Å². The molecule has 3 aromatic carbocycles. The van der Waals surface area contributed by atoms with Crippen molar-refractivity contribution < 1.29 is 14.7 Å². The fourth-order valence-electron chi connectivity index (χ4n) is 4.70. The Balaban J connectivity index is 1.76. The van der Waals surface area contributed by atoms with Crippen molar-refractivity contribution in [2.45, 2.75) is 38.0 Å². The maximum absolute atomic E-state index is 12.5. The van der Waals surface area contributed by atoms with E-state index in [1.165, 1.54) is 5.56 Å². The number of carbonyl (C=O) groups is 2. The average molecular weight is 575 g/mol. The van der Waals surface area contributed by atoms with Crippen LogP contribution in [0.2, 0.25) is 15.1 Å². The summed E-state index contributed by atoms with van der Waals surface area (Å²) in [6.45, 7) is 2.24. The van der Waals surface area contributed by atoms with Crippen molar-refractivity contribution in [1.82, 2.24) is 5.32 Å². The van der Waals surface area contributed by atoms with Crippen LogP contribution >= 0.6 is 46.1 Å². The number of nitrogens with one attached hydrogen (secondary N) is 1. The highest BCUT2D eigenvalue weighted by Gasteiger charge is 2.29. The van der Waals surface area contributed by atoms with Gasteiger partial charge < -0.3 is 10.4 Å². The van der Waals surface area contributed by atoms with Gasteiger partial charge in [-0.1, -0.05) is 66.3 Å². The lowest BCUT2D eigenvalue weighted by atomic mass is 9.75. The molecule has 1 heterocycles. The summed E-state index contributed by atoms with van der Waals surface area (Å²) in [4.78, 5) is 23.2. The predicted octanol–water partition coefficient (Wildman–Crippen LogP) is 8.78. The number of fused-ring (bicyclic) bond motifs is 1. The number of rotatable bonds is 10. The molecule has 37 heavy (non-hydrogen) atoms. The Morgan fingerprint density at radius 3 is 2.35 bits per heavy atom. The van der Waals surface area contributed by atoms with E-state index in [-0.39, 0.29) is 30.7 Å². The van der Waals surface area contributed by atoms with Crippen molar-refractivity contribution in [3.8, 4) is 0 Å². The zero-order valence-corrected chi connectivity index (χ0v) is 23.2. The summed E-state index contributed by atoms with van der Waals surface area (Å²) >= 11 is 20.8. The maximum Gasteiger partial charge on any atom is 0.305 e. The molecule has 8 heteroatoms. The Kier molecular flexibility index (Phi) is 9.14. The molecule has 4 nitrogen and oxygen atoms in total. The molecule has 0 fully saturated rings. The molecule has 192 valence electrons. The Labute approximate surface area is 235 Å². The molecule has 4 rings (SSSR count). The fraction of sp³-hybridized carbons (Fsp3) is 0.241. The topological polar surface area (TPSA) is 66.4 Å². The molecule has 4 aromatic rings. The lowest BCUT2D eigenvalue weighted by Crippen LogP contribution is -2.26. The van der Waals surface area contributed by atoms with Gasteiger partial charge in [0.25, 0.3) is 5.91 Å². The third kappa shape index (κ3) is 6.47. The molecule has 0 radical (unpaired) electrons. The number of hydrogen-bond acceptors (Lipinski definition) is 3. The summed E-state index contributed by atoms with van der Waals surface area (Å²) in [5.41, 5.74) is 3.82. The largest absolute Gasteiger partial charge is 0.481 e. The summed E-state index contributed by atoms with van der Waals surface area (Å²) in [5.74, 6) is -1.16. The molecular formula is C29H26Cl3NO3S. The Morgan fingerprint density at radius 1 is 0.946 bits per heavy atom. The van der Waals surface area contributed by atoms with Gasteiger partial charge in [0, 0.05) is 27.7 Å². The molecule has 1 aromatic heterocycles. The van der Waals surface area contributed by atoms with Crippen LogP contribution < -0.4 is 5.32 Å². The highest BCUT2D eigenvalue weighted by Crippen LogP contribution is 2.46. The smallest absolute Gasteiger partial charge is 0.305 e. The summed E-state index contributed by atoms with van der Waals surface area (Å²) in [6.07, 6.45) is 1.75. The molecule has 2 atom stereocenters. The minimum Gasteiger partial charge on any atom is -0.481 e. The molecule has 0 spiro atoms. The summed E-state index contributed by atoms with van der Waals surface area (Å²) < 4.78 is 1.16. The van der Waals surface area contributed by atoms with Gasteiger partial charge in [0.15, 0.2) is 0 Å². The molecule has 1 amide bonds. The molecular weight excluding hydrogens is 549 g/mol. The van der Waals surface area contributed by atoms with Gasteiger partial charge in [-0.15, -0.1) is 11.3 Å². The number of aliphatic carboxylic acids is 1. The summed E-state index contributed by atoms with van der Waals surface area (Å²) in [5, 5.41) is 16.5. The lowest BCUT2D eigenvalue weighted by molar-refractivity contribution is -0.136. The van der Waals surface area contributed by atoms with Gasteiger partial charge >= 0.3 is 5.97 Å². The molecule has 0 saturated carbocycles. The number of carboxylic acids is 1. The van der Waals surface area contributed by atoms with E-state index in [1.807, 2.05) is 48.5 Å². The van der Waals surface area contributed by atoms with Crippen LogP contribution in [-0.4, -0.2) is 23.5 Å². The van der Waals surface area contributed by atoms with Gasteiger partial charge in [0.05, 0.1) is 16.5 Å². The molecule has 0 aliphatic heterocycles. The molecule has 0 saturated heterocycles. The zero-order valence-electron chi connectivity index (χ0n) is 20.1. The van der Waals surface area contributed by atoms with E-state index in [0.29, 0.717) is 20.6 Å². The second-order valence-electron chi connectivity index (χ2n) is 8.90. The molecule has 0 aliphatic rings. The van der Waals surface area contributed by atoms with E-state index >= 15 is 0 Å². The van der Waals surface area contributed by atoms with Crippen LogP contribution in [0.4, 0.5) is 0 Å². The molecule has 0 aliphatic carbocycles. The van der Waals surface area contributed by atoms with Crippen LogP contribution in [0.15, 0.2) is 66.0 Å². The van der Waals surface area contributed by atoms with Gasteiger partial charge in [-0.25, -0.2) is 0 Å². The van der Waals surface area contributed by atoms with Crippen LogP contribution in [0.25, 0.3) is 10.1 Å². The van der Waals surface area contributed by atoms with E-state index in [4.69, 9.17) is 39.9 Å². The summed E-state index contributed by atoms with van der Waals surface area (Å²) in [6, 6.07) is 19.3. The standard InChI is InChI=1S/C29H26Cl3NO3S/c1-2-3-21(17-4-6-18(7-5-17)29(36)33-13-12-27(34)35)28(19-8-10-24(31)25(32)14-19)23-16-37-26-11-9-20(30)15-22(23)26/h4-11,14-16,21,28H,2-3,12-13H2,1H3,(H,33,36)(H,34,35)/t21-,28?/m1/s1. The average Bonchev–Trinajstić information content (AvgIpc) is 3.28. The highest BCUT2D eigenvalue weighted by atomic mass is 35.5. The van der Waals surface area contributed by atoms with Crippen molar-refractivity contribution in [3.63, 3.8) is 0 Å². The van der Waals surface area contributed by atoms with Crippen LogP contribution in [0.5, 0.6) is 0 Å². The van der Waals surface area contributed by atoms with E-state index < -0.39 is 5.97 Å². The van der Waals surface area contributed by atoms with Crippen molar-refractivity contribution in [2.75, 3.05) is 6.54 Å². The molecule has 1 unspecified atom stereocenters. The van der Waals surface area contributed by atoms with Crippen LogP contribution in [0.3, 0.4) is 0 Å². The number of hydrogen-bond donors (Lipinski definition) is 2. The molecule has 2 N–H and O–H groups in total. The minimum atomic E-state index is -0.950. The minimum absolute atomic E-state index is 0.0165. The van der Waals surface area contributed by atoms with Gasteiger partial charge in [0.2, 0.25) is 0 Å². The molecule has 0 bridgehead atoms. The number of thiophene rings is 1. The number of amides is 1. The Bertz CT molecular complexity index is 1420.